The van der Waals surface area contributed by atoms with E-state index in [1.54, 1.807) is 12.3 Å². The average Bonchev–Trinajstić information content (AvgIpc) is 2.43. The number of hydrogen-bond donors (Lipinski definition) is 1. The molecule has 0 aliphatic rings. The zero-order valence-corrected chi connectivity index (χ0v) is 12.1. The Balaban J connectivity index is 0.00000154. The van der Waals surface area contributed by atoms with Crippen LogP contribution in [0.5, 0.6) is 0 Å². The van der Waals surface area contributed by atoms with Crippen LogP contribution < -0.4 is 5.32 Å². The maximum atomic E-state index is 8.76. The van der Waals surface area contributed by atoms with E-state index < -0.39 is 0 Å². The number of nitrogens with one attached hydrogen (secondary N) is 1. The number of hydrogen-bond acceptors (Lipinski definition) is 3. The number of aliphatic imine (C=N–C) groups is 1. The monoisotopic (exact) mass is 255 g/mol. The van der Waals surface area contributed by atoms with Gasteiger partial charge in [-0.1, -0.05) is 26.5 Å². The summed E-state index contributed by atoms with van der Waals surface area (Å²) >= 11 is 0. The van der Waals surface area contributed by atoms with Crippen LogP contribution in [0, 0.1) is 18.3 Å². The number of benzene rings is 1. The molecule has 0 saturated carbocycles. The topological polar surface area (TPSA) is 48.2 Å². The Kier molecular flexibility index (Phi) is 8.48. The van der Waals surface area contributed by atoms with Gasteiger partial charge in [-0.15, -0.1) is 0 Å². The summed E-state index contributed by atoms with van der Waals surface area (Å²) in [6, 6.07) is 7.54. The van der Waals surface area contributed by atoms with Gasteiger partial charge in [0.25, 0.3) is 0 Å². The first-order valence-electron chi connectivity index (χ1n) is 6.29. The van der Waals surface area contributed by atoms with E-state index in [2.05, 4.69) is 23.0 Å². The first-order chi connectivity index (χ1) is 9.17. The number of anilines is 1. The Labute approximate surface area is 116 Å². The van der Waals surface area contributed by atoms with E-state index in [0.29, 0.717) is 11.4 Å². The van der Waals surface area contributed by atoms with E-state index in [1.807, 2.05) is 52.0 Å². The highest BCUT2D eigenvalue weighted by Crippen LogP contribution is 2.17. The lowest BCUT2D eigenvalue weighted by Gasteiger charge is -2.08. The molecule has 0 aliphatic heterocycles. The number of aryl methyl sites for hydroxylation is 1. The summed E-state index contributed by atoms with van der Waals surface area (Å²) in [5, 5.41) is 11.8. The van der Waals surface area contributed by atoms with Crippen molar-refractivity contribution in [1.29, 1.82) is 5.26 Å². The van der Waals surface area contributed by atoms with E-state index in [-0.39, 0.29) is 0 Å². The second-order valence-corrected chi connectivity index (χ2v) is 3.52. The first kappa shape index (κ1) is 16.7. The van der Waals surface area contributed by atoms with Crippen LogP contribution >= 0.6 is 0 Å². The molecule has 0 saturated heterocycles. The van der Waals surface area contributed by atoms with Gasteiger partial charge in [0.1, 0.15) is 5.82 Å². The standard InChI is InChI=1S/C14H15N3.C2H6/c1-4-5-8-16-12(3)17-14-7-6-13(10-15)9-11(14)2;1-2/h4-9,17H,3H2,1-2H3;1-2H3/b5-4-,16-8-;. The Morgan fingerprint density at radius 2 is 2.11 bits per heavy atom. The fourth-order valence-electron chi connectivity index (χ4n) is 1.28. The van der Waals surface area contributed by atoms with Gasteiger partial charge in [-0.25, -0.2) is 4.99 Å². The normalized spacial score (nSPS) is 9.84. The van der Waals surface area contributed by atoms with E-state index >= 15 is 0 Å². The zero-order chi connectivity index (χ0) is 14.7. The van der Waals surface area contributed by atoms with Gasteiger partial charge < -0.3 is 5.32 Å². The third-order valence-corrected chi connectivity index (χ3v) is 2.14. The van der Waals surface area contributed by atoms with Crippen molar-refractivity contribution in [1.82, 2.24) is 0 Å². The van der Waals surface area contributed by atoms with E-state index in [1.165, 1.54) is 0 Å². The molecule has 1 aromatic rings. The van der Waals surface area contributed by atoms with Crippen LogP contribution in [0.15, 0.2) is 47.7 Å². The molecule has 3 nitrogen and oxygen atoms in total. The molecule has 0 spiro atoms. The molecule has 0 radical (unpaired) electrons. The van der Waals surface area contributed by atoms with Crippen molar-refractivity contribution in [2.24, 2.45) is 4.99 Å². The molecular formula is C16H21N3. The van der Waals surface area contributed by atoms with Crippen LogP contribution in [-0.2, 0) is 0 Å². The third kappa shape index (κ3) is 6.23. The van der Waals surface area contributed by atoms with Crippen molar-refractivity contribution < 1.29 is 0 Å². The highest BCUT2D eigenvalue weighted by Gasteiger charge is 1.99. The summed E-state index contributed by atoms with van der Waals surface area (Å²) < 4.78 is 0. The van der Waals surface area contributed by atoms with Gasteiger partial charge in [-0.2, -0.15) is 5.26 Å². The molecular weight excluding hydrogens is 234 g/mol. The molecule has 0 amide bonds. The molecule has 1 N–H and O–H groups in total. The molecule has 0 heterocycles. The molecule has 1 rings (SSSR count). The summed E-state index contributed by atoms with van der Waals surface area (Å²) in [5.41, 5.74) is 2.55. The van der Waals surface area contributed by atoms with Crippen LogP contribution in [0.25, 0.3) is 0 Å². The van der Waals surface area contributed by atoms with Crippen LogP contribution in [0.3, 0.4) is 0 Å². The van der Waals surface area contributed by atoms with Crippen molar-refractivity contribution in [3.8, 4) is 6.07 Å². The van der Waals surface area contributed by atoms with Crippen LogP contribution in [0.1, 0.15) is 31.9 Å². The highest BCUT2D eigenvalue weighted by atomic mass is 15.0. The van der Waals surface area contributed by atoms with Crippen molar-refractivity contribution >= 4 is 11.9 Å². The SMILES string of the molecule is C=C(/N=C\C=C/C)Nc1ccc(C#N)cc1C.CC. The minimum atomic E-state index is 0.566. The predicted molar refractivity (Wildman–Crippen MR) is 83.3 cm³/mol. The summed E-state index contributed by atoms with van der Waals surface area (Å²) in [6.45, 7) is 11.7. The molecule has 0 aromatic heterocycles. The van der Waals surface area contributed by atoms with Gasteiger partial charge in [0.15, 0.2) is 0 Å². The number of nitrogens with zero attached hydrogens (tertiary/aromatic N) is 2. The van der Waals surface area contributed by atoms with Crippen molar-refractivity contribution in [3.05, 3.63) is 53.9 Å². The Bertz CT molecular complexity index is 505. The quantitative estimate of drug-likeness (QED) is 0.809. The van der Waals surface area contributed by atoms with Crippen LogP contribution in [0.2, 0.25) is 0 Å². The van der Waals surface area contributed by atoms with Gasteiger partial charge in [0.2, 0.25) is 0 Å². The van der Waals surface area contributed by atoms with Gasteiger partial charge in [-0.05, 0) is 43.7 Å². The number of rotatable bonds is 4. The summed E-state index contributed by atoms with van der Waals surface area (Å²) in [5.74, 6) is 0.566. The van der Waals surface area contributed by atoms with Crippen LogP contribution in [0.4, 0.5) is 5.69 Å². The predicted octanol–water partition coefficient (Wildman–Crippen LogP) is 4.42. The number of nitriles is 1. The van der Waals surface area contributed by atoms with Crippen molar-refractivity contribution in [3.63, 3.8) is 0 Å². The smallest absolute Gasteiger partial charge is 0.122 e. The van der Waals surface area contributed by atoms with E-state index in [4.69, 9.17) is 5.26 Å². The van der Waals surface area contributed by atoms with E-state index in [9.17, 15) is 0 Å². The van der Waals surface area contributed by atoms with Gasteiger partial charge in [0.05, 0.1) is 11.6 Å². The fraction of sp³-hybridized carbons (Fsp3) is 0.250. The first-order valence-corrected chi connectivity index (χ1v) is 6.29. The second kappa shape index (κ2) is 9.67. The molecule has 100 valence electrons. The van der Waals surface area contributed by atoms with Crippen molar-refractivity contribution in [2.75, 3.05) is 5.32 Å². The van der Waals surface area contributed by atoms with E-state index in [0.717, 1.165) is 11.3 Å². The summed E-state index contributed by atoms with van der Waals surface area (Å²) in [4.78, 5) is 4.11. The minimum Gasteiger partial charge on any atom is -0.341 e. The summed E-state index contributed by atoms with van der Waals surface area (Å²) in [6.07, 6.45) is 5.40. The lowest BCUT2D eigenvalue weighted by molar-refractivity contribution is 1.30. The molecule has 0 aliphatic carbocycles. The van der Waals surface area contributed by atoms with Crippen LogP contribution in [-0.4, -0.2) is 6.21 Å². The molecule has 3 heteroatoms. The molecule has 0 bridgehead atoms. The molecule has 19 heavy (non-hydrogen) atoms. The van der Waals surface area contributed by atoms with Gasteiger partial charge in [-0.3, -0.25) is 0 Å². The largest absolute Gasteiger partial charge is 0.341 e. The van der Waals surface area contributed by atoms with Gasteiger partial charge >= 0.3 is 0 Å². The Morgan fingerprint density at radius 1 is 1.42 bits per heavy atom. The molecule has 0 unspecified atom stereocenters. The minimum absolute atomic E-state index is 0.566. The van der Waals surface area contributed by atoms with Gasteiger partial charge in [0, 0.05) is 11.9 Å². The number of allylic oxidation sites excluding steroid dienone is 2. The Morgan fingerprint density at radius 3 is 2.63 bits per heavy atom. The third-order valence-electron chi connectivity index (χ3n) is 2.14. The fourth-order valence-corrected chi connectivity index (χ4v) is 1.28. The maximum absolute atomic E-state index is 8.76. The Hall–Kier alpha value is -2.34. The highest BCUT2D eigenvalue weighted by molar-refractivity contribution is 5.72. The zero-order valence-electron chi connectivity index (χ0n) is 12.1. The lowest BCUT2D eigenvalue weighted by Crippen LogP contribution is -1.98. The van der Waals surface area contributed by atoms with Crippen molar-refractivity contribution in [2.45, 2.75) is 27.7 Å². The average molecular weight is 255 g/mol. The lowest BCUT2D eigenvalue weighted by atomic mass is 10.1. The molecule has 0 atom stereocenters. The maximum Gasteiger partial charge on any atom is 0.122 e. The second-order valence-electron chi connectivity index (χ2n) is 3.52. The molecule has 0 fully saturated rings. The molecule has 1 aromatic carbocycles. The summed E-state index contributed by atoms with van der Waals surface area (Å²) in [7, 11) is 0.